The first-order valence-corrected chi connectivity index (χ1v) is 24.0. The molecule has 0 aliphatic heterocycles. The van der Waals surface area contributed by atoms with E-state index >= 15 is 0 Å². The van der Waals surface area contributed by atoms with Crippen LogP contribution in [0.25, 0.3) is 0 Å². The molecule has 11 heteroatoms. The van der Waals surface area contributed by atoms with Crippen molar-refractivity contribution < 1.29 is 42.7 Å². The average molecular weight is 836 g/mol. The molecule has 0 fully saturated rings. The summed E-state index contributed by atoms with van der Waals surface area (Å²) in [5.74, 6) is -0.968. The third kappa shape index (κ3) is 41.6. The summed E-state index contributed by atoms with van der Waals surface area (Å²) < 4.78 is 32.7. The first-order valence-electron chi connectivity index (χ1n) is 22.5. The predicted octanol–water partition coefficient (Wildman–Crippen LogP) is 12.0. The van der Waals surface area contributed by atoms with Gasteiger partial charge < -0.3 is 25.2 Å². The van der Waals surface area contributed by atoms with E-state index in [0.717, 1.165) is 44.9 Å². The van der Waals surface area contributed by atoms with Gasteiger partial charge in [-0.15, -0.1) is 0 Å². The van der Waals surface area contributed by atoms with E-state index < -0.39 is 38.6 Å². The van der Waals surface area contributed by atoms with E-state index in [1.807, 2.05) is 18.2 Å². The van der Waals surface area contributed by atoms with Gasteiger partial charge in [-0.1, -0.05) is 157 Å². The van der Waals surface area contributed by atoms with Gasteiger partial charge in [0.2, 0.25) is 0 Å². The van der Waals surface area contributed by atoms with E-state index in [2.05, 4.69) is 56.4 Å². The molecule has 0 amide bonds. The minimum absolute atomic E-state index is 0.0299. The van der Waals surface area contributed by atoms with E-state index in [1.165, 1.54) is 77.0 Å². The zero-order chi connectivity index (χ0) is 42.6. The highest BCUT2D eigenvalue weighted by Crippen LogP contribution is 2.43. The topological polar surface area (TPSA) is 155 Å². The van der Waals surface area contributed by atoms with E-state index in [0.29, 0.717) is 25.7 Å². The lowest BCUT2D eigenvalue weighted by Gasteiger charge is -2.19. The van der Waals surface area contributed by atoms with Crippen molar-refractivity contribution in [2.45, 2.75) is 187 Å². The maximum atomic E-state index is 12.6. The molecular weight excluding hydrogens is 753 g/mol. The zero-order valence-electron chi connectivity index (χ0n) is 36.4. The quantitative estimate of drug-likeness (QED) is 0.0178. The van der Waals surface area contributed by atoms with Gasteiger partial charge in [0.25, 0.3) is 0 Å². The van der Waals surface area contributed by atoms with Crippen LogP contribution in [-0.2, 0) is 32.7 Å². The molecule has 334 valence electrons. The average Bonchev–Trinajstić information content (AvgIpc) is 3.21. The maximum Gasteiger partial charge on any atom is 0.472 e. The molecule has 3 atom stereocenters. The van der Waals surface area contributed by atoms with Gasteiger partial charge in [-0.25, -0.2) is 4.57 Å². The number of carbonyl (C=O) groups excluding carboxylic acids is 2. The van der Waals surface area contributed by atoms with Gasteiger partial charge in [0, 0.05) is 19.4 Å². The van der Waals surface area contributed by atoms with Gasteiger partial charge in [-0.3, -0.25) is 18.6 Å². The summed E-state index contributed by atoms with van der Waals surface area (Å²) in [5.41, 5.74) is 5.34. The largest absolute Gasteiger partial charge is 0.472 e. The van der Waals surface area contributed by atoms with Crippen molar-refractivity contribution in [2.24, 2.45) is 5.73 Å². The summed E-state index contributed by atoms with van der Waals surface area (Å²) in [6, 6.07) is 0. The van der Waals surface area contributed by atoms with Gasteiger partial charge in [0.15, 0.2) is 6.10 Å². The Morgan fingerprint density at radius 2 is 1.12 bits per heavy atom. The molecule has 0 rings (SSSR count). The van der Waals surface area contributed by atoms with Crippen molar-refractivity contribution in [2.75, 3.05) is 26.4 Å². The molecule has 58 heavy (non-hydrogen) atoms. The molecule has 10 nitrogen and oxygen atoms in total. The molecule has 0 aliphatic rings. The van der Waals surface area contributed by atoms with Crippen molar-refractivity contribution in [3.05, 3.63) is 72.9 Å². The molecule has 0 saturated heterocycles. The monoisotopic (exact) mass is 836 g/mol. The van der Waals surface area contributed by atoms with Crippen molar-refractivity contribution in [3.8, 4) is 0 Å². The van der Waals surface area contributed by atoms with E-state index in [-0.39, 0.29) is 32.6 Å². The fraction of sp³-hybridized carbons (Fsp3) is 0.702. The van der Waals surface area contributed by atoms with Crippen molar-refractivity contribution >= 4 is 19.8 Å². The first kappa shape index (κ1) is 55.4. The Hall–Kier alpha value is -2.59. The van der Waals surface area contributed by atoms with Crippen LogP contribution in [0, 0.1) is 0 Å². The Kier molecular flexibility index (Phi) is 40.6. The van der Waals surface area contributed by atoms with Crippen LogP contribution in [0.15, 0.2) is 72.9 Å². The minimum atomic E-state index is -4.41. The summed E-state index contributed by atoms with van der Waals surface area (Å²) in [7, 11) is -4.41. The first-order chi connectivity index (χ1) is 28.2. The van der Waals surface area contributed by atoms with Gasteiger partial charge in [0.05, 0.1) is 19.3 Å². The number of carbonyl (C=O) groups is 2. The summed E-state index contributed by atoms with van der Waals surface area (Å²) in [6.07, 6.45) is 48.1. The number of unbranched alkanes of at least 4 members (excludes halogenated alkanes) is 16. The molecule has 0 aromatic heterocycles. The number of rotatable bonds is 41. The van der Waals surface area contributed by atoms with E-state index in [1.54, 1.807) is 12.2 Å². The number of esters is 2. The highest BCUT2D eigenvalue weighted by atomic mass is 31.2. The second kappa shape index (κ2) is 42.5. The number of nitrogens with two attached hydrogens (primary N) is 1. The number of hydrogen-bond donors (Lipinski definition) is 3. The van der Waals surface area contributed by atoms with Crippen LogP contribution >= 0.6 is 7.82 Å². The van der Waals surface area contributed by atoms with Gasteiger partial charge in [0.1, 0.15) is 6.61 Å². The SMILES string of the molecule is CCCCC/C=C\C/C=C\CCCCCCCCCCCC(=O)O[C@H](COC(=O)CCC/C=C/C=C\C(O)C/C=C\C/C=C\CCCCC)COP(=O)(O)OCCN. The number of aliphatic hydroxyl groups excluding tert-OH is 1. The molecule has 0 bridgehead atoms. The lowest BCUT2D eigenvalue weighted by atomic mass is 10.1. The highest BCUT2D eigenvalue weighted by Gasteiger charge is 2.26. The summed E-state index contributed by atoms with van der Waals surface area (Å²) >= 11 is 0. The molecule has 0 heterocycles. The number of ether oxygens (including phenoxy) is 2. The lowest BCUT2D eigenvalue weighted by molar-refractivity contribution is -0.161. The third-order valence-electron chi connectivity index (χ3n) is 9.15. The number of hydrogen-bond acceptors (Lipinski definition) is 9. The second-order valence-corrected chi connectivity index (χ2v) is 16.2. The molecular formula is C47H82NO9P. The van der Waals surface area contributed by atoms with Crippen molar-refractivity contribution in [3.63, 3.8) is 0 Å². The second-order valence-electron chi connectivity index (χ2n) is 14.8. The minimum Gasteiger partial charge on any atom is -0.462 e. The summed E-state index contributed by atoms with van der Waals surface area (Å²) in [6.45, 7) is 3.50. The van der Waals surface area contributed by atoms with E-state index in [4.69, 9.17) is 24.3 Å². The maximum absolute atomic E-state index is 12.6. The summed E-state index contributed by atoms with van der Waals surface area (Å²) in [4.78, 5) is 34.9. The van der Waals surface area contributed by atoms with Crippen LogP contribution in [0.5, 0.6) is 0 Å². The molecule has 0 radical (unpaired) electrons. The van der Waals surface area contributed by atoms with Crippen LogP contribution in [0.2, 0.25) is 0 Å². The molecule has 0 aromatic rings. The van der Waals surface area contributed by atoms with Crippen LogP contribution < -0.4 is 5.73 Å². The fourth-order valence-electron chi connectivity index (χ4n) is 5.74. The smallest absolute Gasteiger partial charge is 0.462 e. The Labute approximate surface area is 353 Å². The molecule has 0 spiro atoms. The molecule has 0 aliphatic carbocycles. The summed E-state index contributed by atoms with van der Waals surface area (Å²) in [5, 5.41) is 10.1. The third-order valence-corrected chi connectivity index (χ3v) is 10.1. The van der Waals surface area contributed by atoms with E-state index in [9.17, 15) is 24.2 Å². The van der Waals surface area contributed by atoms with Crippen molar-refractivity contribution in [1.82, 2.24) is 0 Å². The van der Waals surface area contributed by atoms with Gasteiger partial charge in [-0.2, -0.15) is 0 Å². The normalized spacial score (nSPS) is 14.5. The Balaban J connectivity index is 4.31. The van der Waals surface area contributed by atoms with Crippen molar-refractivity contribution in [1.29, 1.82) is 0 Å². The van der Waals surface area contributed by atoms with Crippen LogP contribution in [0.3, 0.4) is 0 Å². The molecule has 0 aromatic carbocycles. The highest BCUT2D eigenvalue weighted by molar-refractivity contribution is 7.47. The number of aliphatic hydroxyl groups is 1. The predicted molar refractivity (Wildman–Crippen MR) is 239 cm³/mol. The molecule has 0 saturated carbocycles. The number of phosphoric acid groups is 1. The lowest BCUT2D eigenvalue weighted by Crippen LogP contribution is -2.29. The Morgan fingerprint density at radius 1 is 0.603 bits per heavy atom. The Morgan fingerprint density at radius 3 is 1.71 bits per heavy atom. The standard InChI is InChI=1S/C47H82NO9P/c1-3-5-7-9-11-13-14-15-16-17-18-19-20-21-22-24-26-30-35-39-47(51)57-45(43-56-58(52,53)55-41-40-48)42-54-46(50)38-34-31-27-29-33-37-44(49)36-32-28-25-23-12-10-8-6-4-2/h11-13,15-16,23,27-29,32-33,37,44-45,49H,3-10,14,17-22,24-26,30-31,34-36,38-43,48H2,1-2H3,(H,52,53)/b13-11-,16-15-,23-12-,29-27+,32-28-,37-33-/t44?,45-/m1/s1. The van der Waals surface area contributed by atoms with Gasteiger partial charge >= 0.3 is 19.8 Å². The molecule has 2 unspecified atom stereocenters. The molecule has 4 N–H and O–H groups in total. The number of allylic oxidation sites excluding steroid dienone is 10. The fourth-order valence-corrected chi connectivity index (χ4v) is 6.50. The number of phosphoric ester groups is 1. The zero-order valence-corrected chi connectivity index (χ0v) is 37.3. The van der Waals surface area contributed by atoms with Crippen LogP contribution in [-0.4, -0.2) is 60.5 Å². The van der Waals surface area contributed by atoms with Crippen LogP contribution in [0.4, 0.5) is 0 Å². The Bertz CT molecular complexity index is 1200. The van der Waals surface area contributed by atoms with Gasteiger partial charge in [-0.05, 0) is 77.0 Å². The van der Waals surface area contributed by atoms with Crippen LogP contribution in [0.1, 0.15) is 174 Å².